The van der Waals surface area contributed by atoms with Crippen molar-refractivity contribution in [1.29, 1.82) is 0 Å². The van der Waals surface area contributed by atoms with Gasteiger partial charge in [-0.3, -0.25) is 19.3 Å². The molecule has 0 spiro atoms. The third kappa shape index (κ3) is 40.2. The molecule has 0 aliphatic heterocycles. The van der Waals surface area contributed by atoms with Crippen molar-refractivity contribution in [3.05, 3.63) is 72.4 Å². The Labute approximate surface area is 377 Å². The van der Waals surface area contributed by atoms with E-state index in [4.69, 9.17) is 24.4 Å². The highest BCUT2D eigenvalue weighted by Gasteiger charge is 2.09. The topological polar surface area (TPSA) is 123 Å². The van der Waals surface area contributed by atoms with Gasteiger partial charge in [-0.2, -0.15) is 0 Å². The van der Waals surface area contributed by atoms with Crippen LogP contribution in [0.1, 0.15) is 198 Å². The number of nitrogens with zero attached hydrogens (tertiary/aromatic N) is 1. The number of carboxylic acids is 2. The predicted molar refractivity (Wildman–Crippen MR) is 256 cm³/mol. The number of carbonyl (C=O) groups excluding carboxylic acids is 1. The molecule has 0 aliphatic rings. The van der Waals surface area contributed by atoms with E-state index in [1.54, 1.807) is 4.90 Å². The highest BCUT2D eigenvalue weighted by atomic mass is 16.5. The molecule has 2 N–H and O–H groups in total. The number of allylic oxidation sites excluding steroid dienone is 8. The molecule has 0 saturated heterocycles. The summed E-state index contributed by atoms with van der Waals surface area (Å²) in [7, 11) is 3.70. The first-order chi connectivity index (χ1) is 30.3. The molecule has 0 fully saturated rings. The summed E-state index contributed by atoms with van der Waals surface area (Å²) in [6.45, 7) is 1.74. The molecular formula is C53H87NO8. The van der Waals surface area contributed by atoms with Crippen LogP contribution in [0.4, 0.5) is 0 Å². The zero-order valence-electron chi connectivity index (χ0n) is 39.2. The van der Waals surface area contributed by atoms with Gasteiger partial charge in [-0.1, -0.05) is 138 Å². The quantitative estimate of drug-likeness (QED) is 0.0375. The van der Waals surface area contributed by atoms with Crippen molar-refractivity contribution in [3.8, 4) is 11.5 Å². The molecule has 0 aromatic heterocycles. The lowest BCUT2D eigenvalue weighted by Crippen LogP contribution is -2.23. The predicted octanol–water partition coefficient (Wildman–Crippen LogP) is 14.1. The minimum Gasteiger partial charge on any atom is -0.493 e. The smallest absolute Gasteiger partial charge is 0.320 e. The maximum atomic E-state index is 12.2. The number of benzene rings is 1. The fourth-order valence-corrected chi connectivity index (χ4v) is 7.02. The minimum absolute atomic E-state index is 0.192. The summed E-state index contributed by atoms with van der Waals surface area (Å²) in [5.74, 6) is -0.111. The van der Waals surface area contributed by atoms with E-state index in [1.165, 1.54) is 77.0 Å². The summed E-state index contributed by atoms with van der Waals surface area (Å²) in [6.07, 6.45) is 50.1. The van der Waals surface area contributed by atoms with E-state index in [1.807, 2.05) is 32.3 Å². The number of rotatable bonds is 44. The Hall–Kier alpha value is -3.85. The number of hydrogen-bond donors (Lipinski definition) is 2. The standard InChI is InChI=1S/C53H87NO8/c1-54(2)46-53(59)62-47-48-43-49(60-41-37-33-29-25-21-17-13-9-5-3-7-11-15-19-23-27-31-35-39-51(55)56)45-50(44-48)61-42-38-34-30-26-22-18-14-10-6-4-8-12-16-20-24-28-32-36-40-52(57)58/h5-12,43-45H,3-4,13-42,46-47H2,1-2H3,(H,55,56)(H,57,58). The van der Waals surface area contributed by atoms with Crippen molar-refractivity contribution in [2.75, 3.05) is 33.9 Å². The SMILES string of the molecule is CN(C)CC(=O)OCc1cc(OCCCCCCCCC=CCC=CCCCCCCCC(=O)O)cc(OCCCCCCCCC=CCC=CCCCCCCCC(=O)O)c1. The molecule has 352 valence electrons. The summed E-state index contributed by atoms with van der Waals surface area (Å²) in [5, 5.41) is 17.4. The molecule has 0 atom stereocenters. The van der Waals surface area contributed by atoms with Crippen LogP contribution in [0.2, 0.25) is 0 Å². The van der Waals surface area contributed by atoms with Crippen molar-refractivity contribution in [3.63, 3.8) is 0 Å². The van der Waals surface area contributed by atoms with E-state index in [0.717, 1.165) is 120 Å². The van der Waals surface area contributed by atoms with Gasteiger partial charge in [0.05, 0.1) is 19.8 Å². The molecule has 0 bridgehead atoms. The molecule has 9 nitrogen and oxygen atoms in total. The number of unbranched alkanes of at least 4 members (excludes halogenated alkanes) is 22. The molecule has 0 unspecified atom stereocenters. The first-order valence-corrected chi connectivity index (χ1v) is 24.5. The third-order valence-electron chi connectivity index (χ3n) is 10.6. The van der Waals surface area contributed by atoms with E-state index in [-0.39, 0.29) is 19.1 Å². The number of ether oxygens (including phenoxy) is 3. The van der Waals surface area contributed by atoms with Gasteiger partial charge < -0.3 is 24.4 Å². The van der Waals surface area contributed by atoms with Crippen LogP contribution >= 0.6 is 0 Å². The molecule has 0 aliphatic carbocycles. The Morgan fingerprint density at radius 1 is 0.468 bits per heavy atom. The fourth-order valence-electron chi connectivity index (χ4n) is 7.02. The Balaban J connectivity index is 2.19. The maximum Gasteiger partial charge on any atom is 0.320 e. The molecule has 1 aromatic carbocycles. The van der Waals surface area contributed by atoms with Crippen LogP contribution in [-0.4, -0.2) is 66.9 Å². The largest absolute Gasteiger partial charge is 0.493 e. The monoisotopic (exact) mass is 866 g/mol. The Morgan fingerprint density at radius 2 is 0.806 bits per heavy atom. The lowest BCUT2D eigenvalue weighted by Gasteiger charge is -2.14. The third-order valence-corrected chi connectivity index (χ3v) is 10.6. The van der Waals surface area contributed by atoms with Gasteiger partial charge in [0.15, 0.2) is 0 Å². The van der Waals surface area contributed by atoms with E-state index < -0.39 is 11.9 Å². The van der Waals surface area contributed by atoms with Crippen molar-refractivity contribution in [2.45, 2.75) is 199 Å². The summed E-state index contributed by atoms with van der Waals surface area (Å²) >= 11 is 0. The number of carbonyl (C=O) groups is 3. The van der Waals surface area contributed by atoms with Crippen LogP contribution in [0.3, 0.4) is 0 Å². The highest BCUT2D eigenvalue weighted by Crippen LogP contribution is 2.25. The lowest BCUT2D eigenvalue weighted by molar-refractivity contribution is -0.145. The first-order valence-electron chi connectivity index (χ1n) is 24.5. The van der Waals surface area contributed by atoms with Crippen LogP contribution in [-0.2, 0) is 25.7 Å². The second-order valence-corrected chi connectivity index (χ2v) is 17.0. The van der Waals surface area contributed by atoms with Gasteiger partial charge in [-0.05, 0) is 122 Å². The van der Waals surface area contributed by atoms with Gasteiger partial charge in [0.25, 0.3) is 0 Å². The van der Waals surface area contributed by atoms with Crippen molar-refractivity contribution < 1.29 is 38.8 Å². The number of carboxylic acid groups (broad SMARTS) is 2. The molecule has 62 heavy (non-hydrogen) atoms. The number of likely N-dealkylation sites (N-methyl/N-ethyl adjacent to an activating group) is 1. The van der Waals surface area contributed by atoms with Gasteiger partial charge in [-0.25, -0.2) is 0 Å². The van der Waals surface area contributed by atoms with Crippen LogP contribution in [0, 0.1) is 0 Å². The van der Waals surface area contributed by atoms with Crippen LogP contribution in [0.15, 0.2) is 66.8 Å². The van der Waals surface area contributed by atoms with Crippen LogP contribution in [0.25, 0.3) is 0 Å². The molecule has 0 radical (unpaired) electrons. The fraction of sp³-hybridized carbons (Fsp3) is 0.679. The second-order valence-electron chi connectivity index (χ2n) is 17.0. The number of hydrogen-bond acceptors (Lipinski definition) is 7. The van der Waals surface area contributed by atoms with Gasteiger partial charge in [-0.15, -0.1) is 0 Å². The molecule has 1 aromatic rings. The Bertz CT molecular complexity index is 1280. The van der Waals surface area contributed by atoms with E-state index in [9.17, 15) is 14.4 Å². The van der Waals surface area contributed by atoms with Gasteiger partial charge >= 0.3 is 17.9 Å². The zero-order chi connectivity index (χ0) is 45.0. The molecule has 0 amide bonds. The molecule has 9 heteroatoms. The molecule has 0 saturated carbocycles. The average molecular weight is 866 g/mol. The van der Waals surface area contributed by atoms with Gasteiger partial charge in [0.1, 0.15) is 18.1 Å². The van der Waals surface area contributed by atoms with Gasteiger partial charge in [0.2, 0.25) is 0 Å². The normalized spacial score (nSPS) is 11.9. The average Bonchev–Trinajstić information content (AvgIpc) is 3.23. The lowest BCUT2D eigenvalue weighted by atomic mass is 10.1. The van der Waals surface area contributed by atoms with Crippen molar-refractivity contribution in [1.82, 2.24) is 4.90 Å². The Morgan fingerprint density at radius 3 is 1.16 bits per heavy atom. The summed E-state index contributed by atoms with van der Waals surface area (Å²) in [5.41, 5.74) is 0.872. The Kier molecular flexibility index (Phi) is 38.5. The summed E-state index contributed by atoms with van der Waals surface area (Å²) in [4.78, 5) is 35.1. The second kappa shape index (κ2) is 42.5. The molecular weight excluding hydrogens is 779 g/mol. The van der Waals surface area contributed by atoms with Crippen LogP contribution < -0.4 is 9.47 Å². The van der Waals surface area contributed by atoms with Crippen molar-refractivity contribution >= 4 is 17.9 Å². The number of esters is 1. The first kappa shape index (κ1) is 56.2. The maximum absolute atomic E-state index is 12.2. The van der Waals surface area contributed by atoms with Gasteiger partial charge in [0, 0.05) is 18.9 Å². The highest BCUT2D eigenvalue weighted by molar-refractivity contribution is 5.71. The van der Waals surface area contributed by atoms with Crippen molar-refractivity contribution in [2.24, 2.45) is 0 Å². The zero-order valence-corrected chi connectivity index (χ0v) is 39.2. The number of aliphatic carboxylic acids is 2. The van der Waals surface area contributed by atoms with E-state index in [2.05, 4.69) is 48.6 Å². The van der Waals surface area contributed by atoms with E-state index in [0.29, 0.717) is 26.1 Å². The molecule has 1 rings (SSSR count). The minimum atomic E-state index is -0.688. The van der Waals surface area contributed by atoms with E-state index >= 15 is 0 Å². The van der Waals surface area contributed by atoms with Crippen LogP contribution in [0.5, 0.6) is 11.5 Å². The summed E-state index contributed by atoms with van der Waals surface area (Å²) < 4.78 is 17.9. The summed E-state index contributed by atoms with van der Waals surface area (Å²) in [6, 6.07) is 5.88. The molecule has 0 heterocycles.